The number of sulfonamides is 1. The molecule has 0 aliphatic rings. The normalized spacial score (nSPS) is 12.1. The minimum atomic E-state index is -3.52. The van der Waals surface area contributed by atoms with E-state index in [1.165, 1.54) is 10.4 Å². The molecule has 0 heterocycles. The topological polar surface area (TPSA) is 57.6 Å². The maximum absolute atomic E-state index is 12.5. The number of hydrogen-bond acceptors (Lipinski definition) is 3. The van der Waals surface area contributed by atoms with Gasteiger partial charge in [0.25, 0.3) is 0 Å². The van der Waals surface area contributed by atoms with Gasteiger partial charge in [-0.3, -0.25) is 0 Å². The first-order chi connectivity index (χ1) is 9.16. The highest BCUT2D eigenvalue weighted by Gasteiger charge is 2.25. The summed E-state index contributed by atoms with van der Waals surface area (Å²) >= 11 is 0. The Hall–Kier alpha value is -1.35. The van der Waals surface area contributed by atoms with Crippen LogP contribution in [0.4, 0.5) is 0 Å². The van der Waals surface area contributed by atoms with Gasteiger partial charge in [-0.1, -0.05) is 38.7 Å². The van der Waals surface area contributed by atoms with Crippen LogP contribution in [-0.4, -0.2) is 38.0 Å². The van der Waals surface area contributed by atoms with Crippen LogP contribution in [-0.2, 0) is 10.0 Å². The SMILES string of the molecule is CN(CC(C)(C)C)S(=O)(=O)c1cccc(C#CCO)c1. The summed E-state index contributed by atoms with van der Waals surface area (Å²) in [6.07, 6.45) is 0. The van der Waals surface area contributed by atoms with Gasteiger partial charge in [-0.2, -0.15) is 0 Å². The predicted molar refractivity (Wildman–Crippen MR) is 79.7 cm³/mol. The number of benzene rings is 1. The van der Waals surface area contributed by atoms with Crippen molar-refractivity contribution in [1.82, 2.24) is 4.31 Å². The summed E-state index contributed by atoms with van der Waals surface area (Å²) in [6, 6.07) is 6.44. The molecule has 0 bridgehead atoms. The smallest absolute Gasteiger partial charge is 0.242 e. The van der Waals surface area contributed by atoms with Gasteiger partial charge >= 0.3 is 0 Å². The molecule has 0 unspecified atom stereocenters. The van der Waals surface area contributed by atoms with Crippen molar-refractivity contribution in [2.24, 2.45) is 5.41 Å². The summed E-state index contributed by atoms with van der Waals surface area (Å²) in [5.74, 6) is 5.22. The Bertz CT molecular complexity index is 618. The van der Waals surface area contributed by atoms with Gasteiger partial charge in [-0.25, -0.2) is 12.7 Å². The molecule has 0 aliphatic heterocycles. The summed E-state index contributed by atoms with van der Waals surface area (Å²) < 4.78 is 26.3. The van der Waals surface area contributed by atoms with Crippen LogP contribution < -0.4 is 0 Å². The highest BCUT2D eigenvalue weighted by Crippen LogP contribution is 2.21. The van der Waals surface area contributed by atoms with Gasteiger partial charge in [0, 0.05) is 19.2 Å². The average Bonchev–Trinajstić information content (AvgIpc) is 2.34. The first kappa shape index (κ1) is 16.7. The largest absolute Gasteiger partial charge is 0.384 e. The zero-order valence-electron chi connectivity index (χ0n) is 12.3. The second-order valence-electron chi connectivity index (χ2n) is 5.81. The summed E-state index contributed by atoms with van der Waals surface area (Å²) in [7, 11) is -1.94. The van der Waals surface area contributed by atoms with Crippen LogP contribution >= 0.6 is 0 Å². The van der Waals surface area contributed by atoms with Crippen molar-refractivity contribution in [3.05, 3.63) is 29.8 Å². The van der Waals surface area contributed by atoms with E-state index < -0.39 is 10.0 Å². The number of aliphatic hydroxyl groups excluding tert-OH is 1. The zero-order chi connectivity index (χ0) is 15.4. The minimum Gasteiger partial charge on any atom is -0.384 e. The monoisotopic (exact) mass is 295 g/mol. The molecule has 0 spiro atoms. The maximum Gasteiger partial charge on any atom is 0.242 e. The third kappa shape index (κ3) is 4.64. The highest BCUT2D eigenvalue weighted by molar-refractivity contribution is 7.89. The molecule has 1 aromatic rings. The molecule has 0 amide bonds. The number of aliphatic hydroxyl groups is 1. The molecule has 0 saturated carbocycles. The third-order valence-electron chi connectivity index (χ3n) is 2.55. The van der Waals surface area contributed by atoms with Crippen molar-refractivity contribution >= 4 is 10.0 Å². The van der Waals surface area contributed by atoms with E-state index in [1.807, 2.05) is 20.8 Å². The van der Waals surface area contributed by atoms with E-state index in [1.54, 1.807) is 25.2 Å². The van der Waals surface area contributed by atoms with Gasteiger partial charge in [0.1, 0.15) is 6.61 Å². The zero-order valence-corrected chi connectivity index (χ0v) is 13.2. The fourth-order valence-corrected chi connectivity index (χ4v) is 3.25. The Morgan fingerprint density at radius 1 is 1.30 bits per heavy atom. The van der Waals surface area contributed by atoms with E-state index in [2.05, 4.69) is 11.8 Å². The predicted octanol–water partition coefficient (Wildman–Crippen LogP) is 1.70. The summed E-state index contributed by atoms with van der Waals surface area (Å²) in [5, 5.41) is 8.67. The molecule has 1 N–H and O–H groups in total. The van der Waals surface area contributed by atoms with Gasteiger partial charge in [-0.05, 0) is 23.6 Å². The average molecular weight is 295 g/mol. The number of rotatable bonds is 3. The number of nitrogens with zero attached hydrogens (tertiary/aromatic N) is 1. The molecule has 0 saturated heterocycles. The second kappa shape index (κ2) is 6.40. The molecular formula is C15H21NO3S. The van der Waals surface area contributed by atoms with Gasteiger partial charge in [0.05, 0.1) is 4.90 Å². The van der Waals surface area contributed by atoms with E-state index >= 15 is 0 Å². The second-order valence-corrected chi connectivity index (χ2v) is 7.85. The van der Waals surface area contributed by atoms with Crippen LogP contribution in [0.25, 0.3) is 0 Å². The van der Waals surface area contributed by atoms with Crippen LogP contribution in [0, 0.1) is 17.3 Å². The third-order valence-corrected chi connectivity index (χ3v) is 4.35. The van der Waals surface area contributed by atoms with Crippen molar-refractivity contribution in [3.63, 3.8) is 0 Å². The molecule has 110 valence electrons. The molecule has 4 nitrogen and oxygen atoms in total. The quantitative estimate of drug-likeness (QED) is 0.864. The Labute approximate surface area is 121 Å². The Kier molecular flexibility index (Phi) is 5.35. The van der Waals surface area contributed by atoms with Gasteiger partial charge in [0.2, 0.25) is 10.0 Å². The lowest BCUT2D eigenvalue weighted by Gasteiger charge is -2.26. The Morgan fingerprint density at radius 3 is 2.50 bits per heavy atom. The lowest BCUT2D eigenvalue weighted by Crippen LogP contribution is -2.34. The summed E-state index contributed by atoms with van der Waals surface area (Å²) in [4.78, 5) is 0.217. The fraction of sp³-hybridized carbons (Fsp3) is 0.467. The van der Waals surface area contributed by atoms with Crippen molar-refractivity contribution in [2.45, 2.75) is 25.7 Å². The molecular weight excluding hydrogens is 274 g/mol. The standard InChI is InChI=1S/C15H21NO3S/c1-15(2,3)12-16(4)20(18,19)14-9-5-7-13(11-14)8-6-10-17/h5,7,9,11,17H,10,12H2,1-4H3. The van der Waals surface area contributed by atoms with Crippen LogP contribution in [0.15, 0.2) is 29.2 Å². The number of hydrogen-bond donors (Lipinski definition) is 1. The van der Waals surface area contributed by atoms with E-state index in [4.69, 9.17) is 5.11 Å². The Morgan fingerprint density at radius 2 is 1.95 bits per heavy atom. The van der Waals surface area contributed by atoms with Crippen molar-refractivity contribution in [3.8, 4) is 11.8 Å². The van der Waals surface area contributed by atoms with Crippen LogP contribution in [0.2, 0.25) is 0 Å². The van der Waals surface area contributed by atoms with Gasteiger partial charge in [-0.15, -0.1) is 0 Å². The van der Waals surface area contributed by atoms with E-state index in [0.29, 0.717) is 12.1 Å². The van der Waals surface area contributed by atoms with E-state index in [-0.39, 0.29) is 16.9 Å². The van der Waals surface area contributed by atoms with Crippen LogP contribution in [0.3, 0.4) is 0 Å². The molecule has 0 fully saturated rings. The molecule has 1 rings (SSSR count). The van der Waals surface area contributed by atoms with Crippen molar-refractivity contribution < 1.29 is 13.5 Å². The molecule has 20 heavy (non-hydrogen) atoms. The van der Waals surface area contributed by atoms with Gasteiger partial charge < -0.3 is 5.11 Å². The minimum absolute atomic E-state index is 0.115. The first-order valence-corrected chi connectivity index (χ1v) is 7.77. The van der Waals surface area contributed by atoms with Gasteiger partial charge in [0.15, 0.2) is 0 Å². The lowest BCUT2D eigenvalue weighted by molar-refractivity contribution is 0.311. The maximum atomic E-state index is 12.5. The van der Waals surface area contributed by atoms with Crippen LogP contribution in [0.1, 0.15) is 26.3 Å². The highest BCUT2D eigenvalue weighted by atomic mass is 32.2. The lowest BCUT2D eigenvalue weighted by atomic mass is 9.97. The first-order valence-electron chi connectivity index (χ1n) is 6.33. The van der Waals surface area contributed by atoms with E-state index in [0.717, 1.165) is 0 Å². The van der Waals surface area contributed by atoms with Crippen molar-refractivity contribution in [1.29, 1.82) is 0 Å². The molecule has 0 aromatic heterocycles. The summed E-state index contributed by atoms with van der Waals surface area (Å²) in [6.45, 7) is 6.15. The molecule has 0 aliphatic carbocycles. The Balaban J connectivity index is 3.10. The molecule has 0 atom stereocenters. The molecule has 5 heteroatoms. The fourth-order valence-electron chi connectivity index (χ4n) is 1.81. The summed E-state index contributed by atoms with van der Waals surface area (Å²) in [5.41, 5.74) is 0.458. The van der Waals surface area contributed by atoms with Crippen molar-refractivity contribution in [2.75, 3.05) is 20.2 Å². The molecule has 0 radical (unpaired) electrons. The van der Waals surface area contributed by atoms with E-state index in [9.17, 15) is 8.42 Å². The molecule has 1 aromatic carbocycles. The van der Waals surface area contributed by atoms with Crippen LogP contribution in [0.5, 0.6) is 0 Å².